The molecule has 1 fully saturated rings. The molecule has 0 spiro atoms. The minimum absolute atomic E-state index is 0.0131. The number of anilines is 2. The van der Waals surface area contributed by atoms with Crippen LogP contribution in [-0.4, -0.2) is 30.9 Å². The first-order valence-corrected chi connectivity index (χ1v) is 9.38. The van der Waals surface area contributed by atoms with E-state index in [0.717, 1.165) is 5.56 Å². The summed E-state index contributed by atoms with van der Waals surface area (Å²) in [4.78, 5) is 38.0. The number of halogens is 2. The number of benzene rings is 2. The molecular formula is C20H18Cl2N2O4. The largest absolute Gasteiger partial charge is 0.455 e. The van der Waals surface area contributed by atoms with E-state index >= 15 is 0 Å². The molecule has 1 N–H and O–H groups in total. The lowest BCUT2D eigenvalue weighted by Gasteiger charge is -2.17. The summed E-state index contributed by atoms with van der Waals surface area (Å²) in [7, 11) is 0. The second-order valence-corrected chi connectivity index (χ2v) is 7.29. The fraction of sp³-hybridized carbons (Fsp3) is 0.250. The van der Waals surface area contributed by atoms with Crippen LogP contribution in [0, 0.1) is 12.8 Å². The molecule has 0 unspecified atom stereocenters. The Morgan fingerprint density at radius 1 is 1.18 bits per heavy atom. The number of hydrogen-bond donors (Lipinski definition) is 1. The predicted molar refractivity (Wildman–Crippen MR) is 108 cm³/mol. The summed E-state index contributed by atoms with van der Waals surface area (Å²) in [6.45, 7) is 1.57. The summed E-state index contributed by atoms with van der Waals surface area (Å²) < 4.78 is 5.08. The molecule has 1 saturated heterocycles. The zero-order valence-electron chi connectivity index (χ0n) is 15.1. The molecule has 3 rings (SSSR count). The first-order valence-electron chi connectivity index (χ1n) is 8.62. The van der Waals surface area contributed by atoms with Gasteiger partial charge in [-0.2, -0.15) is 0 Å². The van der Waals surface area contributed by atoms with Gasteiger partial charge in [-0.15, -0.1) is 0 Å². The van der Waals surface area contributed by atoms with Crippen molar-refractivity contribution < 1.29 is 19.1 Å². The number of nitrogens with zero attached hydrogens (tertiary/aromatic N) is 1. The summed E-state index contributed by atoms with van der Waals surface area (Å²) in [5.74, 6) is -1.94. The molecule has 2 amide bonds. The van der Waals surface area contributed by atoms with Crippen molar-refractivity contribution in [3.8, 4) is 0 Å². The van der Waals surface area contributed by atoms with Crippen LogP contribution in [0.3, 0.4) is 0 Å². The molecule has 0 aliphatic carbocycles. The van der Waals surface area contributed by atoms with Crippen molar-refractivity contribution in [1.29, 1.82) is 0 Å². The number of rotatable bonds is 5. The van der Waals surface area contributed by atoms with Gasteiger partial charge in [0.2, 0.25) is 5.91 Å². The minimum Gasteiger partial charge on any atom is -0.455 e. The molecule has 1 heterocycles. The fourth-order valence-electron chi connectivity index (χ4n) is 2.89. The van der Waals surface area contributed by atoms with Gasteiger partial charge in [0.05, 0.1) is 16.6 Å². The van der Waals surface area contributed by atoms with Gasteiger partial charge in [-0.25, -0.2) is 0 Å². The second-order valence-electron chi connectivity index (χ2n) is 6.48. The Morgan fingerprint density at radius 2 is 1.93 bits per heavy atom. The summed E-state index contributed by atoms with van der Waals surface area (Å²) in [6.07, 6.45) is 0.0131. The first kappa shape index (κ1) is 20.2. The van der Waals surface area contributed by atoms with Gasteiger partial charge in [-0.05, 0) is 36.8 Å². The lowest BCUT2D eigenvalue weighted by molar-refractivity contribution is -0.151. The molecule has 1 aliphatic heterocycles. The van der Waals surface area contributed by atoms with Crippen LogP contribution in [0.15, 0.2) is 42.5 Å². The van der Waals surface area contributed by atoms with Gasteiger partial charge in [-0.3, -0.25) is 14.4 Å². The summed E-state index contributed by atoms with van der Waals surface area (Å²) in [5.41, 5.74) is 1.95. The number of ether oxygens (including phenoxy) is 1. The highest BCUT2D eigenvalue weighted by Gasteiger charge is 2.37. The number of para-hydroxylation sites is 1. The number of carbonyl (C=O) groups excluding carboxylic acids is 3. The summed E-state index contributed by atoms with van der Waals surface area (Å²) in [6, 6.07) is 12.0. The molecule has 28 heavy (non-hydrogen) atoms. The van der Waals surface area contributed by atoms with Crippen LogP contribution in [0.1, 0.15) is 12.0 Å². The lowest BCUT2D eigenvalue weighted by atomic mass is 10.1. The van der Waals surface area contributed by atoms with E-state index in [9.17, 15) is 14.4 Å². The smallest absolute Gasteiger partial charge is 0.311 e. The number of nitrogens with one attached hydrogen (secondary N) is 1. The number of amides is 2. The van der Waals surface area contributed by atoms with Crippen LogP contribution in [0.2, 0.25) is 10.0 Å². The monoisotopic (exact) mass is 420 g/mol. The fourth-order valence-corrected chi connectivity index (χ4v) is 3.31. The third kappa shape index (κ3) is 4.64. The van der Waals surface area contributed by atoms with Crippen molar-refractivity contribution in [1.82, 2.24) is 0 Å². The molecule has 8 heteroatoms. The molecule has 1 aliphatic rings. The van der Waals surface area contributed by atoms with Crippen molar-refractivity contribution in [2.75, 3.05) is 23.4 Å². The normalized spacial score (nSPS) is 16.2. The molecular weight excluding hydrogens is 403 g/mol. The third-order valence-electron chi connectivity index (χ3n) is 4.40. The standard InChI is InChI=1S/C20H18Cl2N2O4/c1-12-6-7-14(9-16(12)22)23-18(25)11-28-20(27)13-8-19(26)24(10-13)17-5-3-2-4-15(17)21/h2-7,9,13H,8,10-11H2,1H3,(H,23,25)/t13-/m1/s1. The average Bonchev–Trinajstić information content (AvgIpc) is 3.05. The Morgan fingerprint density at radius 3 is 2.64 bits per heavy atom. The molecule has 0 bridgehead atoms. The molecule has 0 radical (unpaired) electrons. The molecule has 2 aromatic rings. The highest BCUT2D eigenvalue weighted by atomic mass is 35.5. The Hall–Kier alpha value is -2.57. The van der Waals surface area contributed by atoms with Crippen molar-refractivity contribution in [3.05, 3.63) is 58.1 Å². The Bertz CT molecular complexity index is 932. The number of hydrogen-bond acceptors (Lipinski definition) is 4. The highest BCUT2D eigenvalue weighted by molar-refractivity contribution is 6.34. The van der Waals surface area contributed by atoms with Gasteiger partial charge in [0, 0.05) is 23.7 Å². The average molecular weight is 421 g/mol. The number of aryl methyl sites for hydroxylation is 1. The molecule has 146 valence electrons. The molecule has 0 aromatic heterocycles. The van der Waals surface area contributed by atoms with Crippen LogP contribution in [0.5, 0.6) is 0 Å². The van der Waals surface area contributed by atoms with Crippen LogP contribution in [-0.2, 0) is 19.1 Å². The molecule has 0 saturated carbocycles. The number of esters is 1. The number of carbonyl (C=O) groups is 3. The van der Waals surface area contributed by atoms with Gasteiger partial charge >= 0.3 is 5.97 Å². The summed E-state index contributed by atoms with van der Waals surface area (Å²) >= 11 is 12.1. The quantitative estimate of drug-likeness (QED) is 0.745. The van der Waals surface area contributed by atoms with E-state index in [0.29, 0.717) is 21.4 Å². The Balaban J connectivity index is 1.54. The van der Waals surface area contributed by atoms with E-state index in [2.05, 4.69) is 5.32 Å². The molecule has 1 atom stereocenters. The zero-order chi connectivity index (χ0) is 20.3. The van der Waals surface area contributed by atoms with Gasteiger partial charge in [-0.1, -0.05) is 41.4 Å². The zero-order valence-corrected chi connectivity index (χ0v) is 16.6. The van der Waals surface area contributed by atoms with E-state index in [-0.39, 0.29) is 18.9 Å². The van der Waals surface area contributed by atoms with E-state index < -0.39 is 24.4 Å². The summed E-state index contributed by atoms with van der Waals surface area (Å²) in [5, 5.41) is 3.57. The van der Waals surface area contributed by atoms with Gasteiger partial charge in [0.15, 0.2) is 6.61 Å². The highest BCUT2D eigenvalue weighted by Crippen LogP contribution is 2.31. The van der Waals surface area contributed by atoms with Gasteiger partial charge in [0.25, 0.3) is 5.91 Å². The van der Waals surface area contributed by atoms with Crippen LogP contribution < -0.4 is 10.2 Å². The minimum atomic E-state index is -0.648. The van der Waals surface area contributed by atoms with Crippen LogP contribution in [0.4, 0.5) is 11.4 Å². The van der Waals surface area contributed by atoms with E-state index in [1.807, 2.05) is 6.92 Å². The van der Waals surface area contributed by atoms with Crippen molar-refractivity contribution in [2.24, 2.45) is 5.92 Å². The topological polar surface area (TPSA) is 75.7 Å². The van der Waals surface area contributed by atoms with E-state index in [4.69, 9.17) is 27.9 Å². The predicted octanol–water partition coefficient (Wildman–Crippen LogP) is 3.84. The molecule has 2 aromatic carbocycles. The lowest BCUT2D eigenvalue weighted by Crippen LogP contribution is -2.28. The van der Waals surface area contributed by atoms with Gasteiger partial charge in [0.1, 0.15) is 0 Å². The molecule has 6 nitrogen and oxygen atoms in total. The van der Waals surface area contributed by atoms with Crippen LogP contribution >= 0.6 is 23.2 Å². The first-order chi connectivity index (χ1) is 13.3. The second kappa shape index (κ2) is 8.63. The maximum atomic E-state index is 12.3. The van der Waals surface area contributed by atoms with Crippen LogP contribution in [0.25, 0.3) is 0 Å². The Kier molecular flexibility index (Phi) is 6.21. The van der Waals surface area contributed by atoms with Gasteiger partial charge < -0.3 is 15.0 Å². The Labute approximate surface area is 172 Å². The van der Waals surface area contributed by atoms with Crippen molar-refractivity contribution in [3.63, 3.8) is 0 Å². The third-order valence-corrected chi connectivity index (χ3v) is 5.13. The van der Waals surface area contributed by atoms with E-state index in [1.165, 1.54) is 4.90 Å². The van der Waals surface area contributed by atoms with Crippen molar-refractivity contribution >= 4 is 52.4 Å². The van der Waals surface area contributed by atoms with Crippen molar-refractivity contribution in [2.45, 2.75) is 13.3 Å². The SMILES string of the molecule is Cc1ccc(NC(=O)COC(=O)[C@@H]2CC(=O)N(c3ccccc3Cl)C2)cc1Cl. The van der Waals surface area contributed by atoms with E-state index in [1.54, 1.807) is 42.5 Å². The maximum absolute atomic E-state index is 12.3. The maximum Gasteiger partial charge on any atom is 0.311 e.